The Morgan fingerprint density at radius 2 is 1.71 bits per heavy atom. The van der Waals surface area contributed by atoms with Gasteiger partial charge in [0.1, 0.15) is 0 Å². The van der Waals surface area contributed by atoms with Gasteiger partial charge in [-0.2, -0.15) is 0 Å². The van der Waals surface area contributed by atoms with Crippen molar-refractivity contribution in [2.45, 2.75) is 13.0 Å². The molecule has 2 aromatic rings. The highest BCUT2D eigenvalue weighted by Crippen LogP contribution is 2.15. The minimum atomic E-state index is -0.722. The molecule has 2 amide bonds. The highest BCUT2D eigenvalue weighted by molar-refractivity contribution is 6.40. The largest absolute Gasteiger partial charge is 0.341 e. The molecule has 0 aromatic heterocycles. The van der Waals surface area contributed by atoms with Gasteiger partial charge >= 0.3 is 11.8 Å². The van der Waals surface area contributed by atoms with Gasteiger partial charge in [-0.05, 0) is 30.7 Å². The summed E-state index contributed by atoms with van der Waals surface area (Å²) in [5.41, 5.74) is 1.41. The quantitative estimate of drug-likeness (QED) is 0.856. The van der Waals surface area contributed by atoms with Crippen molar-refractivity contribution >= 4 is 29.1 Å². The van der Waals surface area contributed by atoms with E-state index in [1.807, 2.05) is 37.3 Å². The van der Waals surface area contributed by atoms with Gasteiger partial charge in [0.05, 0.1) is 6.04 Å². The van der Waals surface area contributed by atoms with E-state index in [0.717, 1.165) is 5.56 Å². The number of anilines is 1. The van der Waals surface area contributed by atoms with Crippen LogP contribution in [0, 0.1) is 0 Å². The van der Waals surface area contributed by atoms with Gasteiger partial charge < -0.3 is 10.6 Å². The van der Waals surface area contributed by atoms with Crippen molar-refractivity contribution in [3.05, 3.63) is 65.2 Å². The Hall–Kier alpha value is -2.33. The predicted molar refractivity (Wildman–Crippen MR) is 83.1 cm³/mol. The molecule has 0 aliphatic rings. The van der Waals surface area contributed by atoms with Crippen LogP contribution >= 0.6 is 11.6 Å². The van der Waals surface area contributed by atoms with Gasteiger partial charge in [-0.3, -0.25) is 9.59 Å². The highest BCUT2D eigenvalue weighted by Gasteiger charge is 2.17. The minimum absolute atomic E-state index is 0.246. The predicted octanol–water partition coefficient (Wildman–Crippen LogP) is 3.16. The molecule has 5 heteroatoms. The molecule has 21 heavy (non-hydrogen) atoms. The summed E-state index contributed by atoms with van der Waals surface area (Å²) in [5, 5.41) is 5.64. The van der Waals surface area contributed by atoms with E-state index in [-0.39, 0.29) is 6.04 Å². The molecule has 1 atom stereocenters. The van der Waals surface area contributed by atoms with Crippen molar-refractivity contribution in [3.63, 3.8) is 0 Å². The van der Waals surface area contributed by atoms with Gasteiger partial charge in [-0.1, -0.05) is 48.0 Å². The smallest absolute Gasteiger partial charge is 0.313 e. The van der Waals surface area contributed by atoms with Crippen molar-refractivity contribution < 1.29 is 9.59 Å². The SMILES string of the molecule is CC(NC(=O)C(=O)Nc1cccc(Cl)c1)c1ccccc1. The van der Waals surface area contributed by atoms with Crippen LogP contribution in [0.4, 0.5) is 5.69 Å². The van der Waals surface area contributed by atoms with Gasteiger partial charge in [0.2, 0.25) is 0 Å². The van der Waals surface area contributed by atoms with Crippen LogP contribution in [0.3, 0.4) is 0 Å². The molecule has 2 N–H and O–H groups in total. The Morgan fingerprint density at radius 1 is 1.00 bits per heavy atom. The van der Waals surface area contributed by atoms with Crippen LogP contribution in [-0.2, 0) is 9.59 Å². The third kappa shape index (κ3) is 4.33. The van der Waals surface area contributed by atoms with E-state index in [1.54, 1.807) is 24.3 Å². The summed E-state index contributed by atoms with van der Waals surface area (Å²) >= 11 is 5.82. The fraction of sp³-hybridized carbons (Fsp3) is 0.125. The molecular formula is C16H15ClN2O2. The van der Waals surface area contributed by atoms with E-state index in [0.29, 0.717) is 10.7 Å². The summed E-state index contributed by atoms with van der Waals surface area (Å²) in [7, 11) is 0. The van der Waals surface area contributed by atoms with Gasteiger partial charge in [0, 0.05) is 10.7 Å². The van der Waals surface area contributed by atoms with E-state index >= 15 is 0 Å². The van der Waals surface area contributed by atoms with Crippen molar-refractivity contribution in [1.29, 1.82) is 0 Å². The molecular weight excluding hydrogens is 288 g/mol. The van der Waals surface area contributed by atoms with Crippen LogP contribution < -0.4 is 10.6 Å². The lowest BCUT2D eigenvalue weighted by molar-refractivity contribution is -0.136. The fourth-order valence-corrected chi connectivity index (χ4v) is 2.03. The number of hydrogen-bond acceptors (Lipinski definition) is 2. The van der Waals surface area contributed by atoms with Crippen LogP contribution in [-0.4, -0.2) is 11.8 Å². The topological polar surface area (TPSA) is 58.2 Å². The zero-order valence-electron chi connectivity index (χ0n) is 11.5. The zero-order chi connectivity index (χ0) is 15.2. The van der Waals surface area contributed by atoms with Crippen molar-refractivity contribution in [3.8, 4) is 0 Å². The van der Waals surface area contributed by atoms with Crippen LogP contribution in [0.25, 0.3) is 0 Å². The Bertz CT molecular complexity index is 644. The second-order valence-electron chi connectivity index (χ2n) is 4.57. The average molecular weight is 303 g/mol. The number of carbonyl (C=O) groups is 2. The first kappa shape index (κ1) is 15.1. The Morgan fingerprint density at radius 3 is 2.38 bits per heavy atom. The number of nitrogens with one attached hydrogen (secondary N) is 2. The van der Waals surface area contributed by atoms with Crippen LogP contribution in [0.5, 0.6) is 0 Å². The summed E-state index contributed by atoms with van der Waals surface area (Å²) in [4.78, 5) is 23.7. The first-order chi connectivity index (χ1) is 10.1. The monoisotopic (exact) mass is 302 g/mol. The summed E-state index contributed by atoms with van der Waals surface area (Å²) in [6.45, 7) is 1.82. The number of hydrogen-bond donors (Lipinski definition) is 2. The number of benzene rings is 2. The third-order valence-corrected chi connectivity index (χ3v) is 3.17. The van der Waals surface area contributed by atoms with Crippen molar-refractivity contribution in [2.24, 2.45) is 0 Å². The van der Waals surface area contributed by atoms with Gasteiger partial charge in [-0.15, -0.1) is 0 Å². The second kappa shape index (κ2) is 6.90. The van der Waals surface area contributed by atoms with E-state index in [2.05, 4.69) is 10.6 Å². The highest BCUT2D eigenvalue weighted by atomic mass is 35.5. The lowest BCUT2D eigenvalue weighted by Crippen LogP contribution is -2.36. The van der Waals surface area contributed by atoms with E-state index < -0.39 is 11.8 Å². The second-order valence-corrected chi connectivity index (χ2v) is 5.01. The Balaban J connectivity index is 1.95. The maximum absolute atomic E-state index is 11.9. The molecule has 1 unspecified atom stereocenters. The number of halogens is 1. The average Bonchev–Trinajstić information content (AvgIpc) is 2.48. The molecule has 0 spiro atoms. The summed E-state index contributed by atoms with van der Waals surface area (Å²) in [5.74, 6) is -1.41. The van der Waals surface area contributed by atoms with E-state index in [4.69, 9.17) is 11.6 Å². The molecule has 2 aromatic carbocycles. The van der Waals surface area contributed by atoms with Crippen LogP contribution in [0.2, 0.25) is 5.02 Å². The number of carbonyl (C=O) groups excluding carboxylic acids is 2. The lowest BCUT2D eigenvalue weighted by atomic mass is 10.1. The fourth-order valence-electron chi connectivity index (χ4n) is 1.84. The maximum atomic E-state index is 11.9. The normalized spacial score (nSPS) is 11.5. The third-order valence-electron chi connectivity index (χ3n) is 2.94. The molecule has 0 saturated heterocycles. The molecule has 108 valence electrons. The molecule has 0 heterocycles. The van der Waals surface area contributed by atoms with Crippen molar-refractivity contribution in [1.82, 2.24) is 5.32 Å². The number of amides is 2. The molecule has 4 nitrogen and oxygen atoms in total. The van der Waals surface area contributed by atoms with Gasteiger partial charge in [0.15, 0.2) is 0 Å². The molecule has 0 saturated carbocycles. The van der Waals surface area contributed by atoms with Gasteiger partial charge in [-0.25, -0.2) is 0 Å². The minimum Gasteiger partial charge on any atom is -0.341 e. The molecule has 0 aliphatic heterocycles. The summed E-state index contributed by atoms with van der Waals surface area (Å²) in [6, 6.07) is 15.8. The van der Waals surface area contributed by atoms with Crippen LogP contribution in [0.1, 0.15) is 18.5 Å². The van der Waals surface area contributed by atoms with Gasteiger partial charge in [0.25, 0.3) is 0 Å². The lowest BCUT2D eigenvalue weighted by Gasteiger charge is -2.14. The first-order valence-electron chi connectivity index (χ1n) is 6.48. The number of rotatable bonds is 3. The molecule has 0 fully saturated rings. The zero-order valence-corrected chi connectivity index (χ0v) is 12.2. The Labute approximate surface area is 128 Å². The van der Waals surface area contributed by atoms with E-state index in [1.165, 1.54) is 0 Å². The van der Waals surface area contributed by atoms with E-state index in [9.17, 15) is 9.59 Å². The Kier molecular flexibility index (Phi) is 4.95. The maximum Gasteiger partial charge on any atom is 0.313 e. The molecule has 0 radical (unpaired) electrons. The molecule has 2 rings (SSSR count). The standard InChI is InChI=1S/C16H15ClN2O2/c1-11(12-6-3-2-4-7-12)18-15(20)16(21)19-14-9-5-8-13(17)10-14/h2-11H,1H3,(H,18,20)(H,19,21). The van der Waals surface area contributed by atoms with Crippen LogP contribution in [0.15, 0.2) is 54.6 Å². The summed E-state index contributed by atoms with van der Waals surface area (Å²) in [6.07, 6.45) is 0. The molecule has 0 bridgehead atoms. The van der Waals surface area contributed by atoms with Crippen molar-refractivity contribution in [2.75, 3.05) is 5.32 Å². The summed E-state index contributed by atoms with van der Waals surface area (Å²) < 4.78 is 0. The molecule has 0 aliphatic carbocycles. The first-order valence-corrected chi connectivity index (χ1v) is 6.86.